The molecule has 0 aliphatic heterocycles. The molecule has 2 rings (SSSR count). The molecule has 110 valence electrons. The molecule has 0 fully saturated rings. The van der Waals surface area contributed by atoms with E-state index in [1.165, 1.54) is 6.20 Å². The van der Waals surface area contributed by atoms with Crippen LogP contribution in [-0.4, -0.2) is 22.9 Å². The highest BCUT2D eigenvalue weighted by molar-refractivity contribution is 6.30. The van der Waals surface area contributed by atoms with Gasteiger partial charge in [0.25, 0.3) is 5.91 Å². The molecule has 2 N–H and O–H groups in total. The molecule has 6 heteroatoms. The van der Waals surface area contributed by atoms with Crippen LogP contribution in [0.2, 0.25) is 5.02 Å². The number of pyridine rings is 2. The van der Waals surface area contributed by atoms with Crippen molar-refractivity contribution in [3.63, 3.8) is 0 Å². The molecule has 0 radical (unpaired) electrons. The van der Waals surface area contributed by atoms with Gasteiger partial charge in [-0.15, -0.1) is 0 Å². The zero-order valence-electron chi connectivity index (χ0n) is 12.1. The Hall–Kier alpha value is -2.14. The van der Waals surface area contributed by atoms with Gasteiger partial charge in [-0.3, -0.25) is 4.79 Å². The number of rotatable bonds is 4. The number of nitrogens with zero attached hydrogens (tertiary/aromatic N) is 2. The molecular formula is C15H17ClN4O. The molecule has 1 amide bonds. The highest BCUT2D eigenvalue weighted by Crippen LogP contribution is 2.18. The van der Waals surface area contributed by atoms with E-state index < -0.39 is 0 Å². The van der Waals surface area contributed by atoms with Crippen LogP contribution in [0.4, 0.5) is 11.6 Å². The molecule has 0 aromatic carbocycles. The van der Waals surface area contributed by atoms with Crippen molar-refractivity contribution >= 4 is 29.1 Å². The summed E-state index contributed by atoms with van der Waals surface area (Å²) in [7, 11) is 1.77. The zero-order valence-corrected chi connectivity index (χ0v) is 12.9. The molecule has 5 nitrogen and oxygen atoms in total. The third-order valence-corrected chi connectivity index (χ3v) is 3.15. The number of hydrogen-bond acceptors (Lipinski definition) is 4. The van der Waals surface area contributed by atoms with Crippen LogP contribution in [0.3, 0.4) is 0 Å². The fraction of sp³-hybridized carbons (Fsp3) is 0.267. The second kappa shape index (κ2) is 6.54. The van der Waals surface area contributed by atoms with E-state index in [2.05, 4.69) is 20.6 Å². The van der Waals surface area contributed by atoms with Crippen LogP contribution in [0.1, 0.15) is 35.8 Å². The van der Waals surface area contributed by atoms with E-state index in [1.807, 2.05) is 13.8 Å². The predicted molar refractivity (Wildman–Crippen MR) is 85.1 cm³/mol. The maximum absolute atomic E-state index is 12.3. The minimum absolute atomic E-state index is 0.231. The van der Waals surface area contributed by atoms with Crippen LogP contribution in [-0.2, 0) is 0 Å². The lowest BCUT2D eigenvalue weighted by Gasteiger charge is -2.11. The summed E-state index contributed by atoms with van der Waals surface area (Å²) in [4.78, 5) is 20.8. The van der Waals surface area contributed by atoms with Crippen LogP contribution in [0.15, 0.2) is 30.5 Å². The molecule has 0 saturated carbocycles. The summed E-state index contributed by atoms with van der Waals surface area (Å²) in [5, 5.41) is 6.23. The summed E-state index contributed by atoms with van der Waals surface area (Å²) in [6.07, 6.45) is 1.49. The largest absolute Gasteiger partial charge is 0.373 e. The van der Waals surface area contributed by atoms with Crippen molar-refractivity contribution in [2.45, 2.75) is 19.8 Å². The predicted octanol–water partition coefficient (Wildman–Crippen LogP) is 3.55. The smallest absolute Gasteiger partial charge is 0.257 e. The van der Waals surface area contributed by atoms with Crippen molar-refractivity contribution in [2.24, 2.45) is 0 Å². The summed E-state index contributed by atoms with van der Waals surface area (Å²) in [6.45, 7) is 4.06. The Kier molecular flexibility index (Phi) is 4.75. The first-order valence-electron chi connectivity index (χ1n) is 6.62. The number of anilines is 2. The molecule has 0 aliphatic rings. The molecule has 21 heavy (non-hydrogen) atoms. The minimum Gasteiger partial charge on any atom is -0.373 e. The number of aromatic nitrogens is 2. The molecule has 0 unspecified atom stereocenters. The lowest BCUT2D eigenvalue weighted by Crippen LogP contribution is -2.14. The van der Waals surface area contributed by atoms with Gasteiger partial charge < -0.3 is 10.6 Å². The zero-order chi connectivity index (χ0) is 15.4. The first-order chi connectivity index (χ1) is 9.99. The Morgan fingerprint density at radius 3 is 2.57 bits per heavy atom. The summed E-state index contributed by atoms with van der Waals surface area (Å²) < 4.78 is 0. The average molecular weight is 305 g/mol. The van der Waals surface area contributed by atoms with Gasteiger partial charge in [0.15, 0.2) is 0 Å². The lowest BCUT2D eigenvalue weighted by molar-refractivity contribution is 0.102. The summed E-state index contributed by atoms with van der Waals surface area (Å²) >= 11 is 5.77. The first kappa shape index (κ1) is 15.3. The summed E-state index contributed by atoms with van der Waals surface area (Å²) in [5.41, 5.74) is 1.39. The maximum atomic E-state index is 12.3. The van der Waals surface area contributed by atoms with Gasteiger partial charge in [0, 0.05) is 24.5 Å². The Balaban J connectivity index is 2.25. The Bertz CT molecular complexity index is 641. The SMILES string of the molecule is CNc1cc(C(=O)Nc2ccc(Cl)cn2)cc(C(C)C)n1. The van der Waals surface area contributed by atoms with E-state index in [0.29, 0.717) is 22.2 Å². The second-order valence-corrected chi connectivity index (χ2v) is 5.32. The van der Waals surface area contributed by atoms with Gasteiger partial charge in [-0.2, -0.15) is 0 Å². The number of hydrogen-bond donors (Lipinski definition) is 2. The van der Waals surface area contributed by atoms with Crippen molar-refractivity contribution in [1.82, 2.24) is 9.97 Å². The monoisotopic (exact) mass is 304 g/mol. The second-order valence-electron chi connectivity index (χ2n) is 4.89. The highest BCUT2D eigenvalue weighted by atomic mass is 35.5. The normalized spacial score (nSPS) is 10.5. The number of amides is 1. The summed E-state index contributed by atoms with van der Waals surface area (Å²) in [5.74, 6) is 1.12. The van der Waals surface area contributed by atoms with Gasteiger partial charge in [-0.05, 0) is 30.2 Å². The standard InChI is InChI=1S/C15H17ClN4O/c1-9(2)12-6-10(7-14(17-3)19-12)15(21)20-13-5-4-11(16)8-18-13/h4-9H,1-3H3,(H,17,19)(H,18,20,21). The van der Waals surface area contributed by atoms with E-state index in [4.69, 9.17) is 11.6 Å². The molecule has 2 heterocycles. The van der Waals surface area contributed by atoms with Crippen molar-refractivity contribution in [1.29, 1.82) is 0 Å². The van der Waals surface area contributed by atoms with Gasteiger partial charge in [-0.1, -0.05) is 25.4 Å². The average Bonchev–Trinajstić information content (AvgIpc) is 2.49. The Morgan fingerprint density at radius 1 is 1.24 bits per heavy atom. The van der Waals surface area contributed by atoms with Crippen molar-refractivity contribution < 1.29 is 4.79 Å². The van der Waals surface area contributed by atoms with E-state index in [-0.39, 0.29) is 11.8 Å². The van der Waals surface area contributed by atoms with Crippen molar-refractivity contribution in [3.05, 3.63) is 46.7 Å². The minimum atomic E-state index is -0.231. The molecule has 2 aromatic heterocycles. The Morgan fingerprint density at radius 2 is 2.00 bits per heavy atom. The third kappa shape index (κ3) is 3.92. The molecular weight excluding hydrogens is 288 g/mol. The van der Waals surface area contributed by atoms with Gasteiger partial charge in [0.2, 0.25) is 0 Å². The molecule has 0 bridgehead atoms. The van der Waals surface area contributed by atoms with E-state index in [0.717, 1.165) is 5.69 Å². The van der Waals surface area contributed by atoms with Gasteiger partial charge in [0.05, 0.1) is 5.02 Å². The van der Waals surface area contributed by atoms with Crippen LogP contribution in [0, 0.1) is 0 Å². The molecule has 0 aliphatic carbocycles. The van der Waals surface area contributed by atoms with Crippen LogP contribution in [0.5, 0.6) is 0 Å². The van der Waals surface area contributed by atoms with Crippen LogP contribution in [0.25, 0.3) is 0 Å². The highest BCUT2D eigenvalue weighted by Gasteiger charge is 2.12. The number of halogens is 1. The topological polar surface area (TPSA) is 66.9 Å². The van der Waals surface area contributed by atoms with E-state index in [9.17, 15) is 4.79 Å². The first-order valence-corrected chi connectivity index (χ1v) is 7.00. The van der Waals surface area contributed by atoms with Gasteiger partial charge in [-0.25, -0.2) is 9.97 Å². The lowest BCUT2D eigenvalue weighted by atomic mass is 10.1. The fourth-order valence-electron chi connectivity index (χ4n) is 1.75. The quantitative estimate of drug-likeness (QED) is 0.906. The molecule has 0 saturated heterocycles. The van der Waals surface area contributed by atoms with Crippen LogP contribution >= 0.6 is 11.6 Å². The number of carbonyl (C=O) groups excluding carboxylic acids is 1. The maximum Gasteiger partial charge on any atom is 0.257 e. The summed E-state index contributed by atoms with van der Waals surface area (Å²) in [6, 6.07) is 6.83. The van der Waals surface area contributed by atoms with Gasteiger partial charge in [0.1, 0.15) is 11.6 Å². The van der Waals surface area contributed by atoms with E-state index in [1.54, 1.807) is 31.3 Å². The van der Waals surface area contributed by atoms with Gasteiger partial charge >= 0.3 is 0 Å². The van der Waals surface area contributed by atoms with Crippen molar-refractivity contribution in [3.8, 4) is 0 Å². The van der Waals surface area contributed by atoms with E-state index >= 15 is 0 Å². The Labute approximate surface area is 128 Å². The number of nitrogens with one attached hydrogen (secondary N) is 2. The number of carbonyl (C=O) groups is 1. The van der Waals surface area contributed by atoms with Crippen molar-refractivity contribution in [2.75, 3.05) is 17.7 Å². The third-order valence-electron chi connectivity index (χ3n) is 2.92. The molecule has 0 atom stereocenters. The molecule has 2 aromatic rings. The fourth-order valence-corrected chi connectivity index (χ4v) is 1.86. The molecule has 0 spiro atoms. The van der Waals surface area contributed by atoms with Crippen LogP contribution < -0.4 is 10.6 Å².